The molecule has 1 N–H and O–H groups in total. The van der Waals surface area contributed by atoms with Gasteiger partial charge in [0.15, 0.2) is 9.84 Å². The Morgan fingerprint density at radius 3 is 2.30 bits per heavy atom. The lowest BCUT2D eigenvalue weighted by Gasteiger charge is -2.41. The monoisotopic (exact) mass is 356 g/mol. The Morgan fingerprint density at radius 2 is 1.87 bits per heavy atom. The van der Waals surface area contributed by atoms with E-state index in [-0.39, 0.29) is 18.8 Å². The fourth-order valence-corrected chi connectivity index (χ4v) is 5.31. The molecule has 0 bridgehead atoms. The van der Waals surface area contributed by atoms with E-state index >= 15 is 0 Å². The Balaban J connectivity index is 2.11. The molecule has 5 nitrogen and oxygen atoms in total. The number of nitrogens with zero attached hydrogens (tertiary/aromatic N) is 1. The minimum Gasteiger partial charge on any atom is -0.326 e. The number of alkyl halides is 3. The van der Waals surface area contributed by atoms with Crippen LogP contribution in [0.1, 0.15) is 39.5 Å². The lowest BCUT2D eigenvalue weighted by atomic mass is 10.0. The summed E-state index contributed by atoms with van der Waals surface area (Å²) >= 11 is 0. The number of halogens is 3. The van der Waals surface area contributed by atoms with Gasteiger partial charge in [-0.15, -0.1) is 0 Å². The largest absolute Gasteiger partial charge is 0.408 e. The Morgan fingerprint density at radius 1 is 1.30 bits per heavy atom. The number of amides is 2. The van der Waals surface area contributed by atoms with Gasteiger partial charge in [0.2, 0.25) is 0 Å². The first kappa shape index (κ1) is 18.4. The topological polar surface area (TPSA) is 66.5 Å². The van der Waals surface area contributed by atoms with Crippen LogP contribution in [0, 0.1) is 5.92 Å². The van der Waals surface area contributed by atoms with Gasteiger partial charge < -0.3 is 10.2 Å². The second-order valence-corrected chi connectivity index (χ2v) is 8.94. The van der Waals surface area contributed by atoms with Crippen LogP contribution in [0.15, 0.2) is 0 Å². The third-order valence-corrected chi connectivity index (χ3v) is 7.82. The highest BCUT2D eigenvalue weighted by atomic mass is 32.2. The van der Waals surface area contributed by atoms with Crippen molar-refractivity contribution in [2.75, 3.05) is 18.8 Å². The molecule has 134 valence electrons. The third-order valence-electron chi connectivity index (χ3n) is 5.07. The third kappa shape index (κ3) is 3.59. The summed E-state index contributed by atoms with van der Waals surface area (Å²) < 4.78 is 62.6. The predicted octanol–water partition coefficient (Wildman–Crippen LogP) is 2.33. The molecular formula is C14H23F3N2O3S. The van der Waals surface area contributed by atoms with Crippen molar-refractivity contribution in [3.63, 3.8) is 0 Å². The standard InChI is InChI=1S/C14H23F3N2O3S/c1-3-13(4-2)9-19(7-8-23(13,21)22)12(20)18-11(10-5-6-10)14(15,16)17/h10-11H,3-9H2,1-2H3,(H,18,20). The van der Waals surface area contributed by atoms with Crippen molar-refractivity contribution in [3.8, 4) is 0 Å². The van der Waals surface area contributed by atoms with Gasteiger partial charge >= 0.3 is 12.2 Å². The Kier molecular flexibility index (Phi) is 4.90. The van der Waals surface area contributed by atoms with Gasteiger partial charge in [-0.25, -0.2) is 13.2 Å². The number of urea groups is 1. The maximum atomic E-state index is 13.0. The summed E-state index contributed by atoms with van der Waals surface area (Å²) in [6, 6.07) is -2.66. The van der Waals surface area contributed by atoms with E-state index in [1.54, 1.807) is 13.8 Å². The van der Waals surface area contributed by atoms with Crippen molar-refractivity contribution in [2.24, 2.45) is 5.92 Å². The van der Waals surface area contributed by atoms with Gasteiger partial charge in [0.25, 0.3) is 0 Å². The van der Waals surface area contributed by atoms with Crippen molar-refractivity contribution in [3.05, 3.63) is 0 Å². The molecule has 1 aliphatic heterocycles. The Bertz CT molecular complexity index is 554. The second kappa shape index (κ2) is 6.14. The number of nitrogens with one attached hydrogen (secondary N) is 1. The average molecular weight is 356 g/mol. The molecule has 0 aromatic rings. The number of carbonyl (C=O) groups excluding carboxylic acids is 1. The molecule has 1 unspecified atom stereocenters. The zero-order chi connectivity index (χ0) is 17.5. The SMILES string of the molecule is CCC1(CC)CN(C(=O)NC(C2CC2)C(F)(F)F)CCS1(=O)=O. The molecule has 0 radical (unpaired) electrons. The van der Waals surface area contributed by atoms with Gasteiger partial charge in [0.1, 0.15) is 6.04 Å². The summed E-state index contributed by atoms with van der Waals surface area (Å²) in [7, 11) is -3.36. The fraction of sp³-hybridized carbons (Fsp3) is 0.929. The summed E-state index contributed by atoms with van der Waals surface area (Å²) in [5, 5.41) is 2.07. The van der Waals surface area contributed by atoms with Crippen molar-refractivity contribution >= 4 is 15.9 Å². The fourth-order valence-electron chi connectivity index (χ4n) is 3.18. The van der Waals surface area contributed by atoms with Crippen LogP contribution in [0.5, 0.6) is 0 Å². The first-order valence-corrected chi connectivity index (χ1v) is 9.56. The van der Waals surface area contributed by atoms with E-state index in [0.29, 0.717) is 25.7 Å². The second-order valence-electron chi connectivity index (χ2n) is 6.44. The highest BCUT2D eigenvalue weighted by Gasteiger charge is 2.51. The normalized spacial score (nSPS) is 25.0. The molecule has 2 aliphatic rings. The minimum atomic E-state index is -4.48. The van der Waals surface area contributed by atoms with Crippen molar-refractivity contribution in [1.29, 1.82) is 0 Å². The van der Waals surface area contributed by atoms with Crippen molar-refractivity contribution in [1.82, 2.24) is 10.2 Å². The summed E-state index contributed by atoms with van der Waals surface area (Å²) in [6.07, 6.45) is -2.91. The van der Waals surface area contributed by atoms with Gasteiger partial charge in [-0.3, -0.25) is 0 Å². The van der Waals surface area contributed by atoms with E-state index in [2.05, 4.69) is 5.32 Å². The summed E-state index contributed by atoms with van der Waals surface area (Å²) in [5.74, 6) is -0.767. The number of sulfone groups is 1. The van der Waals surface area contributed by atoms with Gasteiger partial charge in [-0.05, 0) is 31.6 Å². The number of rotatable bonds is 4. The van der Waals surface area contributed by atoms with Crippen LogP contribution in [0.3, 0.4) is 0 Å². The number of hydrogen-bond acceptors (Lipinski definition) is 3. The maximum Gasteiger partial charge on any atom is 0.408 e. The van der Waals surface area contributed by atoms with E-state index < -0.39 is 38.8 Å². The highest BCUT2D eigenvalue weighted by molar-refractivity contribution is 7.92. The maximum absolute atomic E-state index is 13.0. The molecule has 1 aliphatic carbocycles. The number of carbonyl (C=O) groups is 1. The zero-order valence-electron chi connectivity index (χ0n) is 13.3. The molecule has 9 heteroatoms. The Labute approximate surface area is 134 Å². The van der Waals surface area contributed by atoms with Gasteiger partial charge in [0.05, 0.1) is 10.5 Å². The molecule has 2 amide bonds. The molecule has 1 atom stereocenters. The molecule has 0 spiro atoms. The van der Waals surface area contributed by atoms with Crippen molar-refractivity contribution < 1.29 is 26.4 Å². The molecule has 1 saturated carbocycles. The average Bonchev–Trinajstić information content (AvgIpc) is 3.27. The lowest BCUT2D eigenvalue weighted by Crippen LogP contribution is -2.61. The first-order valence-electron chi connectivity index (χ1n) is 7.91. The predicted molar refractivity (Wildman–Crippen MR) is 79.8 cm³/mol. The molecule has 1 saturated heterocycles. The summed E-state index contributed by atoms with van der Waals surface area (Å²) in [5.41, 5.74) is 0. The van der Waals surface area contributed by atoms with Crippen molar-refractivity contribution in [2.45, 2.75) is 56.5 Å². The molecular weight excluding hydrogens is 333 g/mol. The van der Waals surface area contributed by atoms with E-state index in [1.807, 2.05) is 0 Å². The minimum absolute atomic E-state index is 0.0522. The smallest absolute Gasteiger partial charge is 0.326 e. The van der Waals surface area contributed by atoms with Crippen LogP contribution in [0.4, 0.5) is 18.0 Å². The van der Waals surface area contributed by atoms with E-state index in [9.17, 15) is 26.4 Å². The van der Waals surface area contributed by atoms with Crippen LogP contribution in [-0.4, -0.2) is 55.2 Å². The summed E-state index contributed by atoms with van der Waals surface area (Å²) in [6.45, 7) is 3.34. The van der Waals surface area contributed by atoms with Crippen LogP contribution in [-0.2, 0) is 9.84 Å². The van der Waals surface area contributed by atoms with Gasteiger partial charge in [-0.1, -0.05) is 13.8 Å². The molecule has 2 fully saturated rings. The lowest BCUT2D eigenvalue weighted by molar-refractivity contribution is -0.158. The first-order chi connectivity index (χ1) is 10.6. The highest BCUT2D eigenvalue weighted by Crippen LogP contribution is 2.40. The molecule has 0 aromatic carbocycles. The Hall–Kier alpha value is -0.990. The van der Waals surface area contributed by atoms with Crippen LogP contribution < -0.4 is 5.32 Å². The molecule has 0 aromatic heterocycles. The van der Waals surface area contributed by atoms with Crippen LogP contribution in [0.2, 0.25) is 0 Å². The molecule has 1 heterocycles. The quantitative estimate of drug-likeness (QED) is 0.841. The van der Waals surface area contributed by atoms with E-state index in [1.165, 1.54) is 4.90 Å². The molecule has 23 heavy (non-hydrogen) atoms. The van der Waals surface area contributed by atoms with E-state index in [0.717, 1.165) is 0 Å². The van der Waals surface area contributed by atoms with E-state index in [4.69, 9.17) is 0 Å². The summed E-state index contributed by atoms with van der Waals surface area (Å²) in [4.78, 5) is 13.5. The van der Waals surface area contributed by atoms with Gasteiger partial charge in [-0.2, -0.15) is 13.2 Å². The number of hydrogen-bond donors (Lipinski definition) is 1. The van der Waals surface area contributed by atoms with Crippen LogP contribution >= 0.6 is 0 Å². The van der Waals surface area contributed by atoms with Crippen LogP contribution in [0.25, 0.3) is 0 Å². The van der Waals surface area contributed by atoms with Gasteiger partial charge in [0, 0.05) is 13.1 Å². The molecule has 2 rings (SSSR count). The zero-order valence-corrected chi connectivity index (χ0v) is 14.1.